The first-order valence-corrected chi connectivity index (χ1v) is 9.52. The van der Waals surface area contributed by atoms with Crippen LogP contribution in [0.4, 0.5) is 19.3 Å². The van der Waals surface area contributed by atoms with E-state index in [1.54, 1.807) is 12.0 Å². The Morgan fingerprint density at radius 3 is 2.73 bits per heavy atom. The number of rotatable bonds is 4. The zero-order valence-corrected chi connectivity index (χ0v) is 16.3. The maximum atomic E-state index is 13.7. The number of hydrogen-bond donors (Lipinski definition) is 1. The maximum absolute atomic E-state index is 13.7. The number of nitrogens with one attached hydrogen (secondary N) is 1. The van der Waals surface area contributed by atoms with Gasteiger partial charge >= 0.3 is 6.03 Å². The lowest BCUT2D eigenvalue weighted by atomic mass is 9.97. The molecule has 0 aliphatic carbocycles. The lowest BCUT2D eigenvalue weighted by molar-refractivity contribution is 0.187. The quantitative estimate of drug-likeness (QED) is 0.683. The van der Waals surface area contributed by atoms with Gasteiger partial charge in [0, 0.05) is 30.6 Å². The monoisotopic (exact) mass is 414 g/mol. The molecule has 0 bridgehead atoms. The lowest BCUT2D eigenvalue weighted by Crippen LogP contribution is -2.40. The standard InChI is InChI=1S/C21H20F2N4O3/c1-29-16-4-2-3-14(11-16)19-25-20(30-26-19)13-7-9-27(10-8-13)21(28)24-18-6-5-15(22)12-17(18)23/h2-6,11-13H,7-10H2,1H3,(H,24,28). The molecule has 1 saturated heterocycles. The predicted molar refractivity (Wildman–Crippen MR) is 105 cm³/mol. The highest BCUT2D eigenvalue weighted by Crippen LogP contribution is 2.29. The first kappa shape index (κ1) is 19.8. The van der Waals surface area contributed by atoms with E-state index in [9.17, 15) is 13.6 Å². The molecule has 0 saturated carbocycles. The molecule has 156 valence electrons. The molecule has 0 atom stereocenters. The third kappa shape index (κ3) is 4.24. The van der Waals surface area contributed by atoms with E-state index in [0.29, 0.717) is 43.4 Å². The molecule has 0 spiro atoms. The summed E-state index contributed by atoms with van der Waals surface area (Å²) in [7, 11) is 1.59. The Hall–Kier alpha value is -3.49. The largest absolute Gasteiger partial charge is 0.497 e. The van der Waals surface area contributed by atoms with Crippen molar-refractivity contribution in [3.05, 3.63) is 60.0 Å². The van der Waals surface area contributed by atoms with Crippen LogP contribution in [0.25, 0.3) is 11.4 Å². The molecule has 1 aromatic heterocycles. The third-order valence-corrected chi connectivity index (χ3v) is 5.07. The zero-order chi connectivity index (χ0) is 21.1. The Bertz CT molecular complexity index is 1050. The topological polar surface area (TPSA) is 80.5 Å². The van der Waals surface area contributed by atoms with Gasteiger partial charge in [0.25, 0.3) is 0 Å². The molecule has 7 nitrogen and oxygen atoms in total. The second-order valence-electron chi connectivity index (χ2n) is 7.00. The molecule has 1 aliphatic rings. The summed E-state index contributed by atoms with van der Waals surface area (Å²) < 4.78 is 37.4. The molecular weight excluding hydrogens is 394 g/mol. The summed E-state index contributed by atoms with van der Waals surface area (Å²) in [5.74, 6) is 0.237. The minimum Gasteiger partial charge on any atom is -0.497 e. The summed E-state index contributed by atoms with van der Waals surface area (Å²) in [4.78, 5) is 18.5. The van der Waals surface area contributed by atoms with Crippen LogP contribution in [0.3, 0.4) is 0 Å². The Morgan fingerprint density at radius 1 is 1.20 bits per heavy atom. The molecule has 1 aliphatic heterocycles. The number of anilines is 1. The van der Waals surface area contributed by atoms with Gasteiger partial charge in [-0.05, 0) is 37.1 Å². The molecule has 2 amide bonds. The van der Waals surface area contributed by atoms with Gasteiger partial charge in [-0.15, -0.1) is 0 Å². The fraction of sp³-hybridized carbons (Fsp3) is 0.286. The molecule has 1 N–H and O–H groups in total. The fourth-order valence-electron chi connectivity index (χ4n) is 3.40. The number of likely N-dealkylation sites (tertiary alicyclic amines) is 1. The summed E-state index contributed by atoms with van der Waals surface area (Å²) in [5.41, 5.74) is 0.742. The van der Waals surface area contributed by atoms with Crippen LogP contribution in [0, 0.1) is 11.6 Å². The van der Waals surface area contributed by atoms with Crippen molar-refractivity contribution in [3.8, 4) is 17.1 Å². The van der Waals surface area contributed by atoms with Gasteiger partial charge in [0.05, 0.1) is 12.8 Å². The number of hydrogen-bond acceptors (Lipinski definition) is 5. The van der Waals surface area contributed by atoms with Crippen LogP contribution in [0.15, 0.2) is 47.0 Å². The molecule has 2 aromatic carbocycles. The molecule has 30 heavy (non-hydrogen) atoms. The molecule has 3 aromatic rings. The lowest BCUT2D eigenvalue weighted by Gasteiger charge is -2.30. The van der Waals surface area contributed by atoms with Crippen molar-refractivity contribution >= 4 is 11.7 Å². The predicted octanol–water partition coefficient (Wildman–Crippen LogP) is 4.43. The van der Waals surface area contributed by atoms with Crippen LogP contribution in [0.5, 0.6) is 5.75 Å². The molecule has 1 fully saturated rings. The van der Waals surface area contributed by atoms with E-state index in [1.807, 2.05) is 24.3 Å². The Kier molecular flexibility index (Phi) is 5.60. The van der Waals surface area contributed by atoms with Gasteiger partial charge < -0.3 is 19.5 Å². The van der Waals surface area contributed by atoms with Gasteiger partial charge in [-0.1, -0.05) is 17.3 Å². The number of halogens is 2. The first-order chi connectivity index (χ1) is 14.5. The van der Waals surface area contributed by atoms with Crippen molar-refractivity contribution in [2.24, 2.45) is 0 Å². The van der Waals surface area contributed by atoms with Crippen molar-refractivity contribution in [2.75, 3.05) is 25.5 Å². The van der Waals surface area contributed by atoms with Crippen molar-refractivity contribution in [1.82, 2.24) is 15.0 Å². The minimum absolute atomic E-state index is 0.0310. The molecule has 2 heterocycles. The van der Waals surface area contributed by atoms with E-state index in [2.05, 4.69) is 15.5 Å². The van der Waals surface area contributed by atoms with Crippen LogP contribution in [-0.4, -0.2) is 41.3 Å². The van der Waals surface area contributed by atoms with E-state index in [1.165, 1.54) is 6.07 Å². The Morgan fingerprint density at radius 2 is 2.00 bits per heavy atom. The maximum Gasteiger partial charge on any atom is 0.321 e. The summed E-state index contributed by atoms with van der Waals surface area (Å²) in [6.45, 7) is 0.909. The second kappa shape index (κ2) is 8.48. The minimum atomic E-state index is -0.811. The molecule has 4 rings (SSSR count). The number of urea groups is 1. The molecular formula is C21H20F2N4O3. The summed E-state index contributed by atoms with van der Waals surface area (Å²) >= 11 is 0. The number of benzene rings is 2. The normalized spacial score (nSPS) is 14.6. The van der Waals surface area contributed by atoms with Gasteiger partial charge in [-0.2, -0.15) is 4.98 Å². The van der Waals surface area contributed by atoms with Crippen molar-refractivity contribution in [2.45, 2.75) is 18.8 Å². The number of ether oxygens (including phenoxy) is 1. The summed E-state index contributed by atoms with van der Waals surface area (Å²) in [5, 5.41) is 6.54. The number of piperidine rings is 1. The first-order valence-electron chi connectivity index (χ1n) is 9.52. The Balaban J connectivity index is 1.36. The van der Waals surface area contributed by atoms with Gasteiger partial charge in [0.1, 0.15) is 17.4 Å². The smallest absolute Gasteiger partial charge is 0.321 e. The number of carbonyl (C=O) groups excluding carboxylic acids is 1. The fourth-order valence-corrected chi connectivity index (χ4v) is 3.40. The van der Waals surface area contributed by atoms with E-state index >= 15 is 0 Å². The van der Waals surface area contributed by atoms with Gasteiger partial charge in [-0.3, -0.25) is 0 Å². The molecule has 9 heteroatoms. The van der Waals surface area contributed by atoms with Gasteiger partial charge in [-0.25, -0.2) is 13.6 Å². The van der Waals surface area contributed by atoms with Crippen molar-refractivity contribution in [1.29, 1.82) is 0 Å². The average Bonchev–Trinajstić information content (AvgIpc) is 3.26. The Labute approximate surface area is 171 Å². The highest BCUT2D eigenvalue weighted by atomic mass is 19.1. The highest BCUT2D eigenvalue weighted by molar-refractivity contribution is 5.89. The van der Waals surface area contributed by atoms with Crippen molar-refractivity contribution in [3.63, 3.8) is 0 Å². The number of methoxy groups -OCH3 is 1. The van der Waals surface area contributed by atoms with Crippen LogP contribution in [0.2, 0.25) is 0 Å². The zero-order valence-electron chi connectivity index (χ0n) is 16.3. The van der Waals surface area contributed by atoms with Crippen LogP contribution in [0.1, 0.15) is 24.7 Å². The second-order valence-corrected chi connectivity index (χ2v) is 7.00. The number of amides is 2. The molecule has 0 radical (unpaired) electrons. The third-order valence-electron chi connectivity index (χ3n) is 5.07. The number of carbonyl (C=O) groups is 1. The van der Waals surface area contributed by atoms with Gasteiger partial charge in [0.2, 0.25) is 11.7 Å². The highest BCUT2D eigenvalue weighted by Gasteiger charge is 2.28. The SMILES string of the molecule is COc1cccc(-c2noc(C3CCN(C(=O)Nc4ccc(F)cc4F)CC3)n2)c1. The van der Waals surface area contributed by atoms with Crippen LogP contribution >= 0.6 is 0 Å². The van der Waals surface area contributed by atoms with Crippen LogP contribution < -0.4 is 10.1 Å². The van der Waals surface area contributed by atoms with Gasteiger partial charge in [0.15, 0.2) is 0 Å². The van der Waals surface area contributed by atoms with Crippen molar-refractivity contribution < 1.29 is 22.8 Å². The number of aromatic nitrogens is 2. The summed E-state index contributed by atoms with van der Waals surface area (Å²) in [6.07, 6.45) is 1.28. The summed E-state index contributed by atoms with van der Waals surface area (Å²) in [6, 6.07) is 10.00. The molecule has 0 unspecified atom stereocenters. The number of nitrogens with zero attached hydrogens (tertiary/aromatic N) is 3. The van der Waals surface area contributed by atoms with E-state index in [-0.39, 0.29) is 11.6 Å². The van der Waals surface area contributed by atoms with E-state index in [4.69, 9.17) is 9.26 Å². The van der Waals surface area contributed by atoms with E-state index < -0.39 is 17.7 Å². The van der Waals surface area contributed by atoms with E-state index in [0.717, 1.165) is 17.7 Å². The average molecular weight is 414 g/mol. The van der Waals surface area contributed by atoms with Crippen LogP contribution in [-0.2, 0) is 0 Å².